The minimum absolute atomic E-state index is 0.0689. The van der Waals surface area contributed by atoms with Gasteiger partial charge in [-0.3, -0.25) is 9.59 Å². The molecule has 5 aliphatic rings. The smallest absolute Gasteiger partial charge is 0.265 e. The number of imidazole rings is 1. The molecule has 6 atom stereocenters. The Balaban J connectivity index is 1.18. The molecule has 4 aromatic rings. The highest BCUT2D eigenvalue weighted by molar-refractivity contribution is 5.99. The Labute approximate surface area is 280 Å². The Kier molecular flexibility index (Phi) is 6.96. The molecular formula is C36H39F4N7O2. The highest BCUT2D eigenvalue weighted by atomic mass is 19.3. The van der Waals surface area contributed by atoms with Gasteiger partial charge in [0.05, 0.1) is 35.1 Å². The van der Waals surface area contributed by atoms with Gasteiger partial charge in [0.25, 0.3) is 11.8 Å². The summed E-state index contributed by atoms with van der Waals surface area (Å²) in [6.45, 7) is 1.43. The number of rotatable bonds is 3. The number of amides is 2. The molecule has 1 saturated heterocycles. The van der Waals surface area contributed by atoms with Crippen LogP contribution in [0.15, 0.2) is 24.3 Å². The average molecular weight is 678 g/mol. The minimum atomic E-state index is -3.11. The highest BCUT2D eigenvalue weighted by Crippen LogP contribution is 2.46. The lowest BCUT2D eigenvalue weighted by Gasteiger charge is -2.37. The number of fused-ring (bicyclic) bond motifs is 5. The van der Waals surface area contributed by atoms with E-state index < -0.39 is 41.6 Å². The van der Waals surface area contributed by atoms with Crippen molar-refractivity contribution in [3.63, 3.8) is 0 Å². The summed E-state index contributed by atoms with van der Waals surface area (Å²) in [5.74, 6) is -5.73. The highest BCUT2D eigenvalue weighted by Gasteiger charge is 2.45. The van der Waals surface area contributed by atoms with Crippen molar-refractivity contribution >= 4 is 33.9 Å². The molecular weight excluding hydrogens is 638 g/mol. The number of hydrogen-bond acceptors (Lipinski definition) is 5. The number of nitrogens with zero attached hydrogens (tertiary/aromatic N) is 5. The van der Waals surface area contributed by atoms with E-state index in [1.807, 2.05) is 6.92 Å². The number of nitrogens with two attached hydrogens (primary N) is 1. The number of benzene rings is 1. The van der Waals surface area contributed by atoms with Gasteiger partial charge in [0, 0.05) is 42.4 Å². The third kappa shape index (κ3) is 5.13. The Morgan fingerprint density at radius 2 is 1.80 bits per heavy atom. The first kappa shape index (κ1) is 31.0. The molecule has 4 fully saturated rings. The van der Waals surface area contributed by atoms with Crippen LogP contribution >= 0.6 is 0 Å². The summed E-state index contributed by atoms with van der Waals surface area (Å²) < 4.78 is 66.8. The fourth-order valence-corrected chi connectivity index (χ4v) is 8.75. The van der Waals surface area contributed by atoms with Crippen molar-refractivity contribution in [1.82, 2.24) is 29.3 Å². The van der Waals surface area contributed by atoms with Crippen LogP contribution in [0.3, 0.4) is 0 Å². The zero-order valence-electron chi connectivity index (χ0n) is 27.3. The molecule has 0 spiro atoms. The second-order valence-corrected chi connectivity index (χ2v) is 15.2. The number of halogens is 4. The number of carbonyl (C=O) groups excluding carboxylic acids is 2. The van der Waals surface area contributed by atoms with E-state index in [0.717, 1.165) is 19.3 Å². The number of pyridine rings is 1. The van der Waals surface area contributed by atoms with Gasteiger partial charge in [-0.15, -0.1) is 0 Å². The second kappa shape index (κ2) is 11.0. The minimum Gasteiger partial charge on any atom is -0.348 e. The first-order valence-electron chi connectivity index (χ1n) is 17.6. The molecule has 49 heavy (non-hydrogen) atoms. The Hall–Kier alpha value is -4.00. The van der Waals surface area contributed by atoms with E-state index in [4.69, 9.17) is 15.7 Å². The van der Waals surface area contributed by atoms with E-state index in [0.29, 0.717) is 54.0 Å². The summed E-state index contributed by atoms with van der Waals surface area (Å²) in [7, 11) is 0. The number of nitrogens with one attached hydrogen (secondary N) is 1. The van der Waals surface area contributed by atoms with E-state index in [9.17, 15) is 9.59 Å². The van der Waals surface area contributed by atoms with Gasteiger partial charge in [0.2, 0.25) is 5.91 Å². The standard InChI is InChI=1S/C36H39F4N7O2/c1-17-26-9-5-20-13-28(46(32(20)43-26)16-36(39,40)10-2-3-18-12-23(18)34(48)42-17)33-44-27-14-24(29(37)30(38)31(27)47(33)21-7-8-21)35(49)45-15-25(41)19-4-6-22(45)11-19/h5,9,13-14,17-19,21-23,25H,2-4,6-8,10-12,15-16,41H2,1H3,(H,42,48)/t17-,18-,19-,22+,23-,25+/m1/s1. The monoisotopic (exact) mass is 677 g/mol. The van der Waals surface area contributed by atoms with Gasteiger partial charge in [0.1, 0.15) is 11.2 Å². The summed E-state index contributed by atoms with van der Waals surface area (Å²) >= 11 is 0. The van der Waals surface area contributed by atoms with Crippen molar-refractivity contribution in [2.24, 2.45) is 23.5 Å². The maximum absolute atomic E-state index is 16.2. The number of piperidine rings is 1. The predicted molar refractivity (Wildman–Crippen MR) is 174 cm³/mol. The van der Waals surface area contributed by atoms with Crippen LogP contribution in [-0.2, 0) is 11.3 Å². The topological polar surface area (TPSA) is 111 Å². The third-order valence-corrected chi connectivity index (χ3v) is 11.7. The van der Waals surface area contributed by atoms with E-state index in [1.165, 1.54) is 10.6 Å². The van der Waals surface area contributed by atoms with E-state index in [1.54, 1.807) is 27.7 Å². The molecule has 3 saturated carbocycles. The van der Waals surface area contributed by atoms with Crippen LogP contribution in [-0.4, -0.2) is 60.4 Å². The normalized spacial score (nSPS) is 29.7. The molecule has 1 aromatic carbocycles. The molecule has 4 bridgehead atoms. The maximum atomic E-state index is 16.2. The summed E-state index contributed by atoms with van der Waals surface area (Å²) in [4.78, 5) is 37.8. The molecule has 0 radical (unpaired) electrons. The van der Waals surface area contributed by atoms with Gasteiger partial charge in [0.15, 0.2) is 17.5 Å². The molecule has 9 nitrogen and oxygen atoms in total. The van der Waals surface area contributed by atoms with Crippen molar-refractivity contribution in [3.05, 3.63) is 47.2 Å². The maximum Gasteiger partial charge on any atom is 0.265 e. The van der Waals surface area contributed by atoms with E-state index >= 15 is 17.6 Å². The molecule has 2 aliphatic heterocycles. The van der Waals surface area contributed by atoms with Crippen LogP contribution in [0, 0.1) is 29.4 Å². The number of carbonyl (C=O) groups is 2. The molecule has 3 aromatic heterocycles. The van der Waals surface area contributed by atoms with Crippen molar-refractivity contribution in [2.75, 3.05) is 6.54 Å². The third-order valence-electron chi connectivity index (χ3n) is 11.7. The van der Waals surface area contributed by atoms with Gasteiger partial charge < -0.3 is 25.1 Å². The Bertz CT molecular complexity index is 2040. The molecule has 3 aliphatic carbocycles. The van der Waals surface area contributed by atoms with Crippen LogP contribution in [0.2, 0.25) is 0 Å². The molecule has 13 heteroatoms. The molecule has 9 rings (SSSR count). The molecule has 0 unspecified atom stereocenters. The zero-order valence-corrected chi connectivity index (χ0v) is 27.3. The lowest BCUT2D eigenvalue weighted by Crippen LogP contribution is -2.51. The molecule has 3 N–H and O–H groups in total. The van der Waals surface area contributed by atoms with Crippen molar-refractivity contribution < 1.29 is 27.2 Å². The Morgan fingerprint density at radius 1 is 1.00 bits per heavy atom. The fraction of sp³-hybridized carbons (Fsp3) is 0.556. The van der Waals surface area contributed by atoms with Crippen molar-refractivity contribution in [1.29, 1.82) is 0 Å². The van der Waals surface area contributed by atoms with Gasteiger partial charge in [-0.05, 0) is 94.4 Å². The van der Waals surface area contributed by atoms with Gasteiger partial charge >= 0.3 is 0 Å². The molecule has 258 valence electrons. The van der Waals surface area contributed by atoms with Gasteiger partial charge in [-0.1, -0.05) is 0 Å². The van der Waals surface area contributed by atoms with Crippen molar-refractivity contribution in [2.45, 2.75) is 101 Å². The lowest BCUT2D eigenvalue weighted by molar-refractivity contribution is -0.123. The first-order chi connectivity index (χ1) is 23.5. The number of alkyl halides is 2. The van der Waals surface area contributed by atoms with Crippen LogP contribution in [0.4, 0.5) is 17.6 Å². The lowest BCUT2D eigenvalue weighted by atomic mass is 9.94. The summed E-state index contributed by atoms with van der Waals surface area (Å²) in [5, 5.41) is 3.62. The fourth-order valence-electron chi connectivity index (χ4n) is 8.75. The van der Waals surface area contributed by atoms with E-state index in [-0.39, 0.29) is 72.1 Å². The number of aromatic nitrogens is 4. The SMILES string of the molecule is C[C@H]1NC(=O)[C@@H]2C[C@H]2CCCC(F)(F)Cn2c(-c3nc4cc(C(=O)N5C[C@H](N)[C@@H]6CC[C@H]5C6)c(F)c(F)c4n3C3CC3)cc3ccc1nc32. The summed E-state index contributed by atoms with van der Waals surface area (Å²) in [6, 6.07) is 5.63. The first-order valence-corrected chi connectivity index (χ1v) is 17.6. The summed E-state index contributed by atoms with van der Waals surface area (Å²) in [6.07, 6.45) is 4.96. The van der Waals surface area contributed by atoms with Crippen LogP contribution in [0.1, 0.15) is 92.8 Å². The number of likely N-dealkylation sites (tertiary alicyclic amines) is 1. The zero-order chi connectivity index (χ0) is 33.9. The molecule has 2 amide bonds. The predicted octanol–water partition coefficient (Wildman–Crippen LogP) is 6.25. The quantitative estimate of drug-likeness (QED) is 0.249. The number of hydrogen-bond donors (Lipinski definition) is 2. The second-order valence-electron chi connectivity index (χ2n) is 15.2. The van der Waals surface area contributed by atoms with Gasteiger partial charge in [-0.25, -0.2) is 27.5 Å². The largest absolute Gasteiger partial charge is 0.348 e. The van der Waals surface area contributed by atoms with Crippen LogP contribution in [0.25, 0.3) is 33.6 Å². The van der Waals surface area contributed by atoms with Gasteiger partial charge in [-0.2, -0.15) is 0 Å². The van der Waals surface area contributed by atoms with Crippen LogP contribution < -0.4 is 11.1 Å². The van der Waals surface area contributed by atoms with Crippen LogP contribution in [0.5, 0.6) is 0 Å². The average Bonchev–Trinajstić information content (AvgIpc) is 3.95. The Morgan fingerprint density at radius 3 is 2.59 bits per heavy atom. The molecule has 5 heterocycles. The van der Waals surface area contributed by atoms with Crippen molar-refractivity contribution in [3.8, 4) is 11.5 Å². The summed E-state index contributed by atoms with van der Waals surface area (Å²) in [5.41, 5.74) is 7.06. The van der Waals surface area contributed by atoms with E-state index in [2.05, 4.69) is 5.32 Å².